The fraction of sp³-hybridized carbons (Fsp3) is 0.353. The molecule has 0 spiro atoms. The summed E-state index contributed by atoms with van der Waals surface area (Å²) in [5.74, 6) is -1.25. The zero-order valence-corrected chi connectivity index (χ0v) is 13.8. The summed E-state index contributed by atoms with van der Waals surface area (Å²) in [5, 5.41) is 3.42. The molecule has 7 heteroatoms. The third kappa shape index (κ3) is 4.34. The molecule has 0 saturated heterocycles. The number of likely N-dealkylation sites (N-methyl/N-ethyl adjacent to an activating group) is 1. The highest BCUT2D eigenvalue weighted by molar-refractivity contribution is 6.04. The standard InChI is InChI=1S/C17H21N3O4/c1-3-8-18-15(21)10-20(2)16(22)11-24-17(23)13-9-19-14-7-5-4-6-12(13)14/h4-7,9,19H,3,8,10-11H2,1-2H3,(H,18,21). The number of hydrogen-bond donors (Lipinski definition) is 2. The molecule has 1 aromatic heterocycles. The normalized spacial score (nSPS) is 10.4. The van der Waals surface area contributed by atoms with Gasteiger partial charge in [-0.05, 0) is 12.5 Å². The van der Waals surface area contributed by atoms with E-state index in [1.165, 1.54) is 11.9 Å². The Balaban J connectivity index is 1.87. The summed E-state index contributed by atoms with van der Waals surface area (Å²) < 4.78 is 5.06. The number of carbonyl (C=O) groups excluding carboxylic acids is 3. The monoisotopic (exact) mass is 331 g/mol. The Bertz CT molecular complexity index is 738. The minimum Gasteiger partial charge on any atom is -0.452 e. The first-order valence-corrected chi connectivity index (χ1v) is 7.76. The summed E-state index contributed by atoms with van der Waals surface area (Å²) in [4.78, 5) is 39.8. The van der Waals surface area contributed by atoms with Crippen LogP contribution in [0.4, 0.5) is 0 Å². The average Bonchev–Trinajstić information content (AvgIpc) is 3.01. The number of ether oxygens (including phenoxy) is 1. The van der Waals surface area contributed by atoms with Gasteiger partial charge in [0.1, 0.15) is 0 Å². The molecule has 2 aromatic rings. The van der Waals surface area contributed by atoms with Crippen molar-refractivity contribution in [2.24, 2.45) is 0 Å². The van der Waals surface area contributed by atoms with Crippen LogP contribution < -0.4 is 5.32 Å². The third-order valence-corrected chi connectivity index (χ3v) is 3.51. The summed E-state index contributed by atoms with van der Waals surface area (Å²) >= 11 is 0. The van der Waals surface area contributed by atoms with E-state index < -0.39 is 18.5 Å². The molecule has 0 fully saturated rings. The van der Waals surface area contributed by atoms with Crippen molar-refractivity contribution < 1.29 is 19.1 Å². The molecule has 0 radical (unpaired) electrons. The second-order valence-corrected chi connectivity index (χ2v) is 5.42. The van der Waals surface area contributed by atoms with Crippen LogP contribution in [0, 0.1) is 0 Å². The molecule has 128 valence electrons. The van der Waals surface area contributed by atoms with Gasteiger partial charge in [-0.3, -0.25) is 9.59 Å². The lowest BCUT2D eigenvalue weighted by atomic mass is 10.2. The minimum atomic E-state index is -0.579. The van der Waals surface area contributed by atoms with Gasteiger partial charge in [-0.1, -0.05) is 25.1 Å². The molecule has 0 bridgehead atoms. The number of amides is 2. The van der Waals surface area contributed by atoms with Crippen molar-refractivity contribution in [1.82, 2.24) is 15.2 Å². The van der Waals surface area contributed by atoms with E-state index in [1.54, 1.807) is 12.3 Å². The molecule has 0 unspecified atom stereocenters. The van der Waals surface area contributed by atoms with Crippen molar-refractivity contribution in [2.75, 3.05) is 26.7 Å². The summed E-state index contributed by atoms with van der Waals surface area (Å²) in [6.07, 6.45) is 2.38. The van der Waals surface area contributed by atoms with E-state index in [0.29, 0.717) is 12.1 Å². The Kier molecular flexibility index (Phi) is 5.95. The van der Waals surface area contributed by atoms with Crippen LogP contribution in [-0.4, -0.2) is 54.4 Å². The lowest BCUT2D eigenvalue weighted by Crippen LogP contribution is -2.40. The van der Waals surface area contributed by atoms with E-state index in [1.807, 2.05) is 25.1 Å². The van der Waals surface area contributed by atoms with Crippen molar-refractivity contribution in [2.45, 2.75) is 13.3 Å². The molecule has 2 N–H and O–H groups in total. The van der Waals surface area contributed by atoms with Gasteiger partial charge in [0.15, 0.2) is 6.61 Å². The molecule has 2 rings (SSSR count). The van der Waals surface area contributed by atoms with Crippen LogP contribution in [0.25, 0.3) is 10.9 Å². The quantitative estimate of drug-likeness (QED) is 0.748. The Morgan fingerprint density at radius 3 is 2.75 bits per heavy atom. The number of nitrogens with zero attached hydrogens (tertiary/aromatic N) is 1. The second kappa shape index (κ2) is 8.14. The van der Waals surface area contributed by atoms with Crippen LogP contribution in [0.15, 0.2) is 30.5 Å². The fourth-order valence-electron chi connectivity index (χ4n) is 2.18. The Morgan fingerprint density at radius 2 is 2.00 bits per heavy atom. The van der Waals surface area contributed by atoms with E-state index in [9.17, 15) is 14.4 Å². The summed E-state index contributed by atoms with van der Waals surface area (Å²) in [6.45, 7) is 2.04. The van der Waals surface area contributed by atoms with Crippen molar-refractivity contribution in [3.63, 3.8) is 0 Å². The summed E-state index contributed by atoms with van der Waals surface area (Å²) in [5.41, 5.74) is 1.20. The zero-order valence-electron chi connectivity index (χ0n) is 13.8. The van der Waals surface area contributed by atoms with Crippen LogP contribution in [0.1, 0.15) is 23.7 Å². The molecule has 7 nitrogen and oxygen atoms in total. The first kappa shape index (κ1) is 17.5. The van der Waals surface area contributed by atoms with Gasteiger partial charge in [-0.25, -0.2) is 4.79 Å². The van der Waals surface area contributed by atoms with Gasteiger partial charge < -0.3 is 19.9 Å². The number of rotatable bonds is 7. The fourth-order valence-corrected chi connectivity index (χ4v) is 2.18. The van der Waals surface area contributed by atoms with Crippen LogP contribution in [-0.2, 0) is 14.3 Å². The molecule has 1 heterocycles. The minimum absolute atomic E-state index is 0.0660. The largest absolute Gasteiger partial charge is 0.452 e. The topological polar surface area (TPSA) is 91.5 Å². The van der Waals surface area contributed by atoms with E-state index in [-0.39, 0.29) is 12.5 Å². The van der Waals surface area contributed by atoms with Crippen molar-refractivity contribution >= 4 is 28.7 Å². The molecule has 0 aliphatic heterocycles. The number of carbonyl (C=O) groups is 3. The second-order valence-electron chi connectivity index (χ2n) is 5.42. The third-order valence-electron chi connectivity index (χ3n) is 3.51. The lowest BCUT2D eigenvalue weighted by Gasteiger charge is -2.16. The van der Waals surface area contributed by atoms with Gasteiger partial charge in [0.2, 0.25) is 5.91 Å². The van der Waals surface area contributed by atoms with Crippen LogP contribution in [0.2, 0.25) is 0 Å². The van der Waals surface area contributed by atoms with Gasteiger partial charge in [0.05, 0.1) is 12.1 Å². The molecular formula is C17H21N3O4. The molecule has 24 heavy (non-hydrogen) atoms. The maximum Gasteiger partial charge on any atom is 0.340 e. The van der Waals surface area contributed by atoms with Crippen LogP contribution in [0.3, 0.4) is 0 Å². The van der Waals surface area contributed by atoms with Gasteiger partial charge in [0.25, 0.3) is 5.91 Å². The molecule has 0 aliphatic carbocycles. The highest BCUT2D eigenvalue weighted by Gasteiger charge is 2.17. The first-order valence-electron chi connectivity index (χ1n) is 7.76. The lowest BCUT2D eigenvalue weighted by molar-refractivity contribution is -0.137. The Morgan fingerprint density at radius 1 is 1.25 bits per heavy atom. The predicted molar refractivity (Wildman–Crippen MR) is 89.5 cm³/mol. The molecular weight excluding hydrogens is 310 g/mol. The van der Waals surface area contributed by atoms with Crippen molar-refractivity contribution in [3.05, 3.63) is 36.0 Å². The SMILES string of the molecule is CCCNC(=O)CN(C)C(=O)COC(=O)c1c[nH]c2ccccc12. The number of H-pyrrole nitrogens is 1. The number of aromatic nitrogens is 1. The average molecular weight is 331 g/mol. The predicted octanol–water partition coefficient (Wildman–Crippen LogP) is 1.31. The number of benzene rings is 1. The van der Waals surface area contributed by atoms with Crippen LogP contribution in [0.5, 0.6) is 0 Å². The molecule has 0 atom stereocenters. The van der Waals surface area contributed by atoms with Gasteiger partial charge in [0, 0.05) is 30.7 Å². The Hall–Kier alpha value is -2.83. The van der Waals surface area contributed by atoms with Gasteiger partial charge in [-0.2, -0.15) is 0 Å². The molecule has 0 saturated carbocycles. The molecule has 0 aliphatic rings. The first-order chi connectivity index (χ1) is 11.5. The number of fused-ring (bicyclic) bond motifs is 1. The van der Waals surface area contributed by atoms with E-state index in [4.69, 9.17) is 4.74 Å². The molecule has 1 aromatic carbocycles. The van der Waals surface area contributed by atoms with Gasteiger partial charge >= 0.3 is 5.97 Å². The van der Waals surface area contributed by atoms with Crippen molar-refractivity contribution in [3.8, 4) is 0 Å². The highest BCUT2D eigenvalue weighted by Crippen LogP contribution is 2.18. The van der Waals surface area contributed by atoms with E-state index >= 15 is 0 Å². The maximum atomic E-state index is 12.1. The number of aromatic amines is 1. The number of para-hydroxylation sites is 1. The highest BCUT2D eigenvalue weighted by atomic mass is 16.5. The number of hydrogen-bond acceptors (Lipinski definition) is 4. The van der Waals surface area contributed by atoms with E-state index in [0.717, 1.165) is 17.3 Å². The number of nitrogens with one attached hydrogen (secondary N) is 2. The van der Waals surface area contributed by atoms with Gasteiger partial charge in [-0.15, -0.1) is 0 Å². The summed E-state index contributed by atoms with van der Waals surface area (Å²) in [6, 6.07) is 7.32. The Labute approximate surface area is 140 Å². The smallest absolute Gasteiger partial charge is 0.340 e. The summed E-state index contributed by atoms with van der Waals surface area (Å²) in [7, 11) is 1.49. The maximum absolute atomic E-state index is 12.1. The van der Waals surface area contributed by atoms with Crippen LogP contribution >= 0.6 is 0 Å². The van der Waals surface area contributed by atoms with Crippen molar-refractivity contribution in [1.29, 1.82) is 0 Å². The molecule has 2 amide bonds. The van der Waals surface area contributed by atoms with E-state index in [2.05, 4.69) is 10.3 Å². The zero-order chi connectivity index (χ0) is 17.5. The number of esters is 1.